The number of ether oxygens (including phenoxy) is 4. The average Bonchev–Trinajstić information content (AvgIpc) is 2.80. The van der Waals surface area contributed by atoms with Gasteiger partial charge in [-0.3, -0.25) is 10.1 Å². The standard InChI is InChI=1S/C16H23NO5.C16H25NO3.CH4/c1-15(2,3)10-8-11(16(4,5)6)13(22-14(18)21-7)9-12(10)17(19)20;1-15(2,3)10-8-11(16(4,5)6)13(9-12(10)17)20-14(18)19-7;/h8-9H,1-7H3;8-9H,17H2,1-7H3;1H4. The summed E-state index contributed by atoms with van der Waals surface area (Å²) in [6.45, 7) is 24.1. The number of hydrogen-bond donors (Lipinski definition) is 1. The Kier molecular flexibility index (Phi) is 12.8. The summed E-state index contributed by atoms with van der Waals surface area (Å²) in [5, 5.41) is 11.4. The van der Waals surface area contributed by atoms with E-state index in [2.05, 4.69) is 51.0 Å². The molecule has 0 spiro atoms. The zero-order chi connectivity index (χ0) is 33.0. The number of benzene rings is 2. The van der Waals surface area contributed by atoms with Crippen LogP contribution in [0.1, 0.15) is 113 Å². The molecular weight excluding hydrogens is 552 g/mol. The maximum absolute atomic E-state index is 11.4. The van der Waals surface area contributed by atoms with Crippen LogP contribution in [0, 0.1) is 10.1 Å². The Morgan fingerprint density at radius 1 is 0.628 bits per heavy atom. The number of nitro benzene ring substituents is 1. The molecule has 0 fully saturated rings. The minimum atomic E-state index is -0.900. The largest absolute Gasteiger partial charge is 0.513 e. The third-order valence-electron chi connectivity index (χ3n) is 6.40. The van der Waals surface area contributed by atoms with Crippen molar-refractivity contribution in [2.75, 3.05) is 20.0 Å². The van der Waals surface area contributed by atoms with Crippen LogP contribution in [0.3, 0.4) is 0 Å². The molecule has 0 radical (unpaired) electrons. The number of nitrogens with two attached hydrogens (primary N) is 1. The molecule has 10 heteroatoms. The van der Waals surface area contributed by atoms with Gasteiger partial charge >= 0.3 is 12.3 Å². The SMILES string of the molecule is C.COC(=O)Oc1cc(N)c(C(C)(C)C)cc1C(C)(C)C.COC(=O)Oc1cc([N+](=O)[O-])c(C(C)(C)C)cc1C(C)(C)C. The number of methoxy groups -OCH3 is 2. The Morgan fingerprint density at radius 2 is 0.953 bits per heavy atom. The summed E-state index contributed by atoms with van der Waals surface area (Å²) in [5.74, 6) is 0.605. The van der Waals surface area contributed by atoms with Crippen LogP contribution in [0.25, 0.3) is 0 Å². The van der Waals surface area contributed by atoms with Crippen molar-refractivity contribution >= 4 is 23.7 Å². The summed E-state index contributed by atoms with van der Waals surface area (Å²) in [6.07, 6.45) is -1.64. The lowest BCUT2D eigenvalue weighted by atomic mass is 9.79. The van der Waals surface area contributed by atoms with E-state index in [1.807, 2.05) is 47.6 Å². The summed E-state index contributed by atoms with van der Waals surface area (Å²) >= 11 is 0. The lowest BCUT2D eigenvalue weighted by molar-refractivity contribution is -0.386. The molecule has 43 heavy (non-hydrogen) atoms. The molecule has 0 amide bonds. The molecule has 2 N–H and O–H groups in total. The molecule has 0 aliphatic carbocycles. The van der Waals surface area contributed by atoms with Gasteiger partial charge in [0.05, 0.1) is 25.2 Å². The number of nitrogen functional groups attached to an aromatic ring is 1. The Morgan fingerprint density at radius 3 is 1.26 bits per heavy atom. The molecule has 0 saturated heterocycles. The van der Waals surface area contributed by atoms with E-state index in [-0.39, 0.29) is 35.1 Å². The van der Waals surface area contributed by atoms with Crippen molar-refractivity contribution in [3.8, 4) is 11.5 Å². The van der Waals surface area contributed by atoms with Crippen molar-refractivity contribution in [3.63, 3.8) is 0 Å². The van der Waals surface area contributed by atoms with Gasteiger partial charge in [0.2, 0.25) is 0 Å². The number of anilines is 1. The smallest absolute Gasteiger partial charge is 0.437 e. The molecule has 0 aliphatic rings. The van der Waals surface area contributed by atoms with Gasteiger partial charge in [-0.25, -0.2) is 9.59 Å². The second-order valence-corrected chi connectivity index (χ2v) is 14.2. The van der Waals surface area contributed by atoms with Gasteiger partial charge in [-0.2, -0.15) is 0 Å². The Balaban J connectivity index is 0.000000805. The van der Waals surface area contributed by atoms with Crippen LogP contribution in [-0.4, -0.2) is 31.5 Å². The highest BCUT2D eigenvalue weighted by Crippen LogP contribution is 2.41. The first-order valence-corrected chi connectivity index (χ1v) is 13.6. The first-order valence-electron chi connectivity index (χ1n) is 13.6. The summed E-state index contributed by atoms with van der Waals surface area (Å²) < 4.78 is 19.4. The number of carbonyl (C=O) groups is 2. The molecule has 10 nitrogen and oxygen atoms in total. The van der Waals surface area contributed by atoms with Crippen LogP contribution < -0.4 is 15.2 Å². The highest BCUT2D eigenvalue weighted by Gasteiger charge is 2.32. The highest BCUT2D eigenvalue weighted by atomic mass is 16.7. The van der Waals surface area contributed by atoms with Gasteiger partial charge in [-0.05, 0) is 39.4 Å². The van der Waals surface area contributed by atoms with E-state index < -0.39 is 22.6 Å². The lowest BCUT2D eigenvalue weighted by Gasteiger charge is -2.28. The predicted octanol–water partition coefficient (Wildman–Crippen LogP) is 8.98. The second-order valence-electron chi connectivity index (χ2n) is 14.2. The van der Waals surface area contributed by atoms with Crippen molar-refractivity contribution in [3.05, 3.63) is 56.6 Å². The molecule has 2 aromatic carbocycles. The van der Waals surface area contributed by atoms with Crippen LogP contribution in [0.2, 0.25) is 0 Å². The van der Waals surface area contributed by atoms with E-state index in [1.165, 1.54) is 20.3 Å². The molecular formula is C33H52N2O8. The average molecular weight is 605 g/mol. The van der Waals surface area contributed by atoms with Gasteiger partial charge in [0, 0.05) is 28.4 Å². The number of carbonyl (C=O) groups excluding carboxylic acids is 2. The Bertz CT molecular complexity index is 1300. The van der Waals surface area contributed by atoms with E-state index in [4.69, 9.17) is 15.2 Å². The fourth-order valence-corrected chi connectivity index (χ4v) is 4.17. The van der Waals surface area contributed by atoms with Crippen molar-refractivity contribution in [2.45, 2.75) is 112 Å². The zero-order valence-corrected chi connectivity index (χ0v) is 27.6. The topological polar surface area (TPSA) is 140 Å². The van der Waals surface area contributed by atoms with Crippen molar-refractivity contribution in [1.29, 1.82) is 0 Å². The van der Waals surface area contributed by atoms with E-state index in [0.717, 1.165) is 11.1 Å². The van der Waals surface area contributed by atoms with Crippen LogP contribution in [-0.2, 0) is 31.1 Å². The van der Waals surface area contributed by atoms with Crippen molar-refractivity contribution in [1.82, 2.24) is 0 Å². The van der Waals surface area contributed by atoms with Crippen LogP contribution in [0.4, 0.5) is 21.0 Å². The monoisotopic (exact) mass is 604 g/mol. The van der Waals surface area contributed by atoms with E-state index in [1.54, 1.807) is 12.1 Å². The molecule has 0 bridgehead atoms. The van der Waals surface area contributed by atoms with Gasteiger partial charge in [-0.1, -0.05) is 90.5 Å². The molecule has 2 aromatic rings. The Labute approximate surface area is 257 Å². The normalized spacial score (nSPS) is 11.8. The lowest BCUT2D eigenvalue weighted by Crippen LogP contribution is -2.20. The quantitative estimate of drug-likeness (QED) is 0.119. The van der Waals surface area contributed by atoms with Crippen LogP contribution in [0.5, 0.6) is 11.5 Å². The van der Waals surface area contributed by atoms with Crippen LogP contribution in [0.15, 0.2) is 24.3 Å². The molecule has 0 aromatic heterocycles. The third-order valence-corrected chi connectivity index (χ3v) is 6.40. The van der Waals surface area contributed by atoms with Gasteiger partial charge < -0.3 is 24.7 Å². The fraction of sp³-hybridized carbons (Fsp3) is 0.576. The number of nitro groups is 1. The van der Waals surface area contributed by atoms with Crippen molar-refractivity contribution < 1.29 is 33.5 Å². The first kappa shape index (κ1) is 39.2. The molecule has 242 valence electrons. The van der Waals surface area contributed by atoms with Gasteiger partial charge in [0.1, 0.15) is 11.5 Å². The van der Waals surface area contributed by atoms with E-state index in [0.29, 0.717) is 22.6 Å². The molecule has 0 heterocycles. The molecule has 0 unspecified atom stereocenters. The minimum absolute atomic E-state index is 0. The number of hydrogen-bond acceptors (Lipinski definition) is 9. The molecule has 2 rings (SSSR count). The highest BCUT2D eigenvalue weighted by molar-refractivity contribution is 5.68. The molecule has 0 aliphatic heterocycles. The summed E-state index contributed by atoms with van der Waals surface area (Å²) in [5.41, 5.74) is 8.93. The Hall–Kier alpha value is -3.82. The number of rotatable bonds is 3. The first-order chi connectivity index (χ1) is 18.8. The maximum atomic E-state index is 11.4. The summed E-state index contributed by atoms with van der Waals surface area (Å²) in [6, 6.07) is 6.78. The summed E-state index contributed by atoms with van der Waals surface area (Å²) in [7, 11) is 2.48. The second kappa shape index (κ2) is 14.1. The number of nitrogens with zero attached hydrogens (tertiary/aromatic N) is 1. The van der Waals surface area contributed by atoms with E-state index in [9.17, 15) is 19.7 Å². The molecule has 0 saturated carbocycles. The minimum Gasteiger partial charge on any atom is -0.437 e. The van der Waals surface area contributed by atoms with Gasteiger partial charge in [0.25, 0.3) is 5.69 Å². The van der Waals surface area contributed by atoms with Crippen molar-refractivity contribution in [2.24, 2.45) is 0 Å². The zero-order valence-electron chi connectivity index (χ0n) is 27.6. The van der Waals surface area contributed by atoms with Crippen LogP contribution >= 0.6 is 0 Å². The predicted molar refractivity (Wildman–Crippen MR) is 172 cm³/mol. The third kappa shape index (κ3) is 10.8. The van der Waals surface area contributed by atoms with Gasteiger partial charge in [0.15, 0.2) is 0 Å². The van der Waals surface area contributed by atoms with Gasteiger partial charge in [-0.15, -0.1) is 0 Å². The fourth-order valence-electron chi connectivity index (χ4n) is 4.17. The summed E-state index contributed by atoms with van der Waals surface area (Å²) in [4.78, 5) is 33.7. The maximum Gasteiger partial charge on any atom is 0.513 e. The van der Waals surface area contributed by atoms with E-state index >= 15 is 0 Å². The molecule has 0 atom stereocenters.